The van der Waals surface area contributed by atoms with Gasteiger partial charge in [-0.25, -0.2) is 8.78 Å². The molecule has 0 saturated carbocycles. The van der Waals surface area contributed by atoms with E-state index in [0.717, 1.165) is 42.8 Å². The maximum atomic E-state index is 13.8. The van der Waals surface area contributed by atoms with Gasteiger partial charge in [0.05, 0.1) is 0 Å². The van der Waals surface area contributed by atoms with E-state index >= 15 is 0 Å². The van der Waals surface area contributed by atoms with Crippen LogP contribution in [-0.2, 0) is 6.42 Å². The highest BCUT2D eigenvalue weighted by Gasteiger charge is 2.19. The van der Waals surface area contributed by atoms with Crippen molar-refractivity contribution in [3.63, 3.8) is 0 Å². The summed E-state index contributed by atoms with van der Waals surface area (Å²) in [6.45, 7) is 1.02. The van der Waals surface area contributed by atoms with Crippen LogP contribution in [0, 0.1) is 11.6 Å². The zero-order valence-electron chi connectivity index (χ0n) is 11.8. The highest BCUT2D eigenvalue weighted by molar-refractivity contribution is 5.57. The van der Waals surface area contributed by atoms with Gasteiger partial charge in [-0.15, -0.1) is 0 Å². The molecule has 0 bridgehead atoms. The molecule has 3 rings (SSSR count). The van der Waals surface area contributed by atoms with Gasteiger partial charge in [-0.05, 0) is 36.1 Å². The molecule has 0 aromatic heterocycles. The summed E-state index contributed by atoms with van der Waals surface area (Å²) in [6, 6.07) is 8.92. The molecule has 4 heteroatoms. The summed E-state index contributed by atoms with van der Waals surface area (Å²) < 4.78 is 26.7. The normalized spacial score (nSPS) is 15.7. The molecule has 1 unspecified atom stereocenters. The van der Waals surface area contributed by atoms with E-state index in [2.05, 4.69) is 4.90 Å². The number of rotatable bonds is 2. The third kappa shape index (κ3) is 2.63. The van der Waals surface area contributed by atoms with Crippen LogP contribution in [0.4, 0.5) is 14.5 Å². The second-order valence-corrected chi connectivity index (χ2v) is 5.48. The minimum atomic E-state index is -1.08. The molecular weight excluding hydrogens is 272 g/mol. The van der Waals surface area contributed by atoms with E-state index in [9.17, 15) is 13.9 Å². The number of benzene rings is 2. The number of hydrogen-bond donors (Lipinski definition) is 1. The van der Waals surface area contributed by atoms with Crippen LogP contribution in [0.3, 0.4) is 0 Å². The number of aliphatic hydroxyl groups is 1. The van der Waals surface area contributed by atoms with Crippen LogP contribution in [0.5, 0.6) is 0 Å². The Kier molecular flexibility index (Phi) is 3.64. The van der Waals surface area contributed by atoms with Gasteiger partial charge >= 0.3 is 0 Å². The Balaban J connectivity index is 1.96. The van der Waals surface area contributed by atoms with E-state index < -0.39 is 17.7 Å². The Hall–Kier alpha value is -1.94. The van der Waals surface area contributed by atoms with Gasteiger partial charge in [0.1, 0.15) is 17.7 Å². The average Bonchev–Trinajstić information content (AvgIpc) is 2.46. The first-order chi connectivity index (χ1) is 10.1. The van der Waals surface area contributed by atoms with Crippen molar-refractivity contribution >= 4 is 5.69 Å². The van der Waals surface area contributed by atoms with E-state index in [1.807, 2.05) is 19.2 Å². The van der Waals surface area contributed by atoms with Crippen molar-refractivity contribution in [1.29, 1.82) is 0 Å². The highest BCUT2D eigenvalue weighted by Crippen LogP contribution is 2.31. The lowest BCUT2D eigenvalue weighted by atomic mass is 9.95. The van der Waals surface area contributed by atoms with Crippen molar-refractivity contribution in [3.8, 4) is 0 Å². The largest absolute Gasteiger partial charge is 0.384 e. The Morgan fingerprint density at radius 1 is 1.14 bits per heavy atom. The molecule has 0 aliphatic carbocycles. The van der Waals surface area contributed by atoms with Gasteiger partial charge in [0.15, 0.2) is 0 Å². The molecule has 1 aliphatic rings. The molecular formula is C17H17F2NO. The number of anilines is 1. The monoisotopic (exact) mass is 289 g/mol. The van der Waals surface area contributed by atoms with Gasteiger partial charge in [0.2, 0.25) is 0 Å². The lowest BCUT2D eigenvalue weighted by molar-refractivity contribution is 0.214. The Morgan fingerprint density at radius 3 is 2.71 bits per heavy atom. The van der Waals surface area contributed by atoms with E-state index in [0.29, 0.717) is 5.56 Å². The lowest BCUT2D eigenvalue weighted by Crippen LogP contribution is -2.24. The number of halogens is 2. The fourth-order valence-corrected chi connectivity index (χ4v) is 2.88. The second-order valence-electron chi connectivity index (χ2n) is 5.48. The molecule has 0 amide bonds. The van der Waals surface area contributed by atoms with E-state index in [1.165, 1.54) is 6.07 Å². The van der Waals surface area contributed by atoms with Crippen LogP contribution < -0.4 is 4.90 Å². The third-order valence-electron chi connectivity index (χ3n) is 4.03. The number of nitrogens with zero attached hydrogens (tertiary/aromatic N) is 1. The molecule has 0 saturated heterocycles. The molecule has 2 aromatic rings. The predicted octanol–water partition coefficient (Wildman–Crippen LogP) is 3.43. The smallest absolute Gasteiger partial charge is 0.132 e. The van der Waals surface area contributed by atoms with Crippen molar-refractivity contribution in [1.82, 2.24) is 0 Å². The standard InChI is InChI=1S/C17H17F2NO/c1-20-8-2-3-11-9-12(4-7-16(11)20)17(21)14-6-5-13(18)10-15(14)19/h4-7,9-10,17,21H,2-3,8H2,1H3. The summed E-state index contributed by atoms with van der Waals surface area (Å²) in [6.07, 6.45) is 0.934. The summed E-state index contributed by atoms with van der Waals surface area (Å²) >= 11 is 0. The number of aliphatic hydroxyl groups excluding tert-OH is 1. The highest BCUT2D eigenvalue weighted by atomic mass is 19.1. The SMILES string of the molecule is CN1CCCc2cc(C(O)c3ccc(F)cc3F)ccc21. The van der Waals surface area contributed by atoms with Crippen LogP contribution >= 0.6 is 0 Å². The molecule has 2 aromatic carbocycles. The third-order valence-corrected chi connectivity index (χ3v) is 4.03. The van der Waals surface area contributed by atoms with Crippen LogP contribution in [0.25, 0.3) is 0 Å². The van der Waals surface area contributed by atoms with Crippen LogP contribution in [0.2, 0.25) is 0 Å². The molecule has 21 heavy (non-hydrogen) atoms. The lowest BCUT2D eigenvalue weighted by Gasteiger charge is -2.28. The predicted molar refractivity (Wildman–Crippen MR) is 78.5 cm³/mol. The fraction of sp³-hybridized carbons (Fsp3) is 0.294. The molecule has 1 heterocycles. The molecule has 2 nitrogen and oxygen atoms in total. The Bertz CT molecular complexity index is 672. The summed E-state index contributed by atoms with van der Waals surface area (Å²) in [5.74, 6) is -1.37. The fourth-order valence-electron chi connectivity index (χ4n) is 2.88. The van der Waals surface area contributed by atoms with Crippen molar-refractivity contribution < 1.29 is 13.9 Å². The van der Waals surface area contributed by atoms with Crippen molar-refractivity contribution in [2.75, 3.05) is 18.5 Å². The zero-order chi connectivity index (χ0) is 15.0. The van der Waals surface area contributed by atoms with Crippen molar-refractivity contribution in [2.45, 2.75) is 18.9 Å². The van der Waals surface area contributed by atoms with Crippen LogP contribution in [-0.4, -0.2) is 18.7 Å². The molecule has 0 fully saturated rings. The zero-order valence-corrected chi connectivity index (χ0v) is 11.8. The Morgan fingerprint density at radius 2 is 1.95 bits per heavy atom. The summed E-state index contributed by atoms with van der Waals surface area (Å²) in [5, 5.41) is 10.4. The molecule has 0 spiro atoms. The summed E-state index contributed by atoms with van der Waals surface area (Å²) in [4.78, 5) is 2.17. The minimum absolute atomic E-state index is 0.0977. The second kappa shape index (κ2) is 5.45. The van der Waals surface area contributed by atoms with E-state index in [-0.39, 0.29) is 5.56 Å². The molecule has 1 atom stereocenters. The number of hydrogen-bond acceptors (Lipinski definition) is 2. The summed E-state index contributed by atoms with van der Waals surface area (Å²) in [7, 11) is 2.04. The quantitative estimate of drug-likeness (QED) is 0.915. The maximum absolute atomic E-state index is 13.8. The van der Waals surface area contributed by atoms with Crippen molar-refractivity contribution in [3.05, 3.63) is 64.7 Å². The van der Waals surface area contributed by atoms with Gasteiger partial charge in [-0.3, -0.25) is 0 Å². The minimum Gasteiger partial charge on any atom is -0.384 e. The van der Waals surface area contributed by atoms with Gasteiger partial charge in [0, 0.05) is 30.9 Å². The Labute approximate surface area is 122 Å². The molecule has 0 radical (unpaired) electrons. The first-order valence-corrected chi connectivity index (χ1v) is 7.03. The van der Waals surface area contributed by atoms with Gasteiger partial charge in [-0.1, -0.05) is 18.2 Å². The van der Waals surface area contributed by atoms with Gasteiger partial charge in [-0.2, -0.15) is 0 Å². The average molecular weight is 289 g/mol. The molecule has 1 aliphatic heterocycles. The number of aryl methyl sites for hydroxylation is 1. The summed E-state index contributed by atoms with van der Waals surface area (Å²) in [5.41, 5.74) is 3.04. The number of fused-ring (bicyclic) bond motifs is 1. The topological polar surface area (TPSA) is 23.5 Å². The van der Waals surface area contributed by atoms with Crippen LogP contribution in [0.1, 0.15) is 29.2 Å². The van der Waals surface area contributed by atoms with Crippen molar-refractivity contribution in [2.24, 2.45) is 0 Å². The van der Waals surface area contributed by atoms with Crippen LogP contribution in [0.15, 0.2) is 36.4 Å². The van der Waals surface area contributed by atoms with E-state index in [4.69, 9.17) is 0 Å². The van der Waals surface area contributed by atoms with Gasteiger partial charge in [0.25, 0.3) is 0 Å². The van der Waals surface area contributed by atoms with Gasteiger partial charge < -0.3 is 10.0 Å². The van der Waals surface area contributed by atoms with E-state index in [1.54, 1.807) is 6.07 Å². The maximum Gasteiger partial charge on any atom is 0.132 e. The molecule has 110 valence electrons. The first kappa shape index (κ1) is 14.0. The first-order valence-electron chi connectivity index (χ1n) is 7.03. The molecule has 1 N–H and O–H groups in total.